The summed E-state index contributed by atoms with van der Waals surface area (Å²) in [5, 5.41) is 6.28. The monoisotopic (exact) mass is 423 g/mol. The molecule has 4 rings (SSSR count). The number of methoxy groups -OCH3 is 1. The van der Waals surface area contributed by atoms with E-state index in [0.29, 0.717) is 51.3 Å². The Morgan fingerprint density at radius 1 is 1.13 bits per heavy atom. The van der Waals surface area contributed by atoms with Gasteiger partial charge in [-0.15, -0.1) is 0 Å². The third-order valence-corrected chi connectivity index (χ3v) is 6.10. The lowest BCUT2D eigenvalue weighted by Crippen LogP contribution is -2.61. The van der Waals surface area contributed by atoms with Crippen molar-refractivity contribution in [1.29, 1.82) is 0 Å². The van der Waals surface area contributed by atoms with Gasteiger partial charge in [-0.3, -0.25) is 9.78 Å². The number of nitrogens with one attached hydrogen (secondary N) is 2. The van der Waals surface area contributed by atoms with Crippen molar-refractivity contribution in [3.8, 4) is 5.75 Å². The Hall–Kier alpha value is -3.13. The fourth-order valence-corrected chi connectivity index (χ4v) is 4.25. The van der Waals surface area contributed by atoms with Crippen molar-refractivity contribution < 1.29 is 14.3 Å². The molecule has 0 radical (unpaired) electrons. The highest BCUT2D eigenvalue weighted by Gasteiger charge is 2.44. The number of hydrogen-bond donors (Lipinski definition) is 2. The molecule has 1 aromatic heterocycles. The number of anilines is 1. The summed E-state index contributed by atoms with van der Waals surface area (Å²) in [6.07, 6.45) is 2.16. The minimum Gasteiger partial charge on any atom is -0.495 e. The van der Waals surface area contributed by atoms with E-state index in [9.17, 15) is 9.59 Å². The number of pyridine rings is 1. The normalized spacial score (nSPS) is 21.1. The van der Waals surface area contributed by atoms with E-state index in [-0.39, 0.29) is 11.8 Å². The van der Waals surface area contributed by atoms with Gasteiger partial charge in [0, 0.05) is 50.2 Å². The van der Waals surface area contributed by atoms with E-state index < -0.39 is 5.54 Å². The molecule has 164 valence electrons. The van der Waals surface area contributed by atoms with Crippen LogP contribution in [0.15, 0.2) is 42.6 Å². The highest BCUT2D eigenvalue weighted by molar-refractivity contribution is 6.05. The van der Waals surface area contributed by atoms with Gasteiger partial charge in [0.25, 0.3) is 0 Å². The van der Waals surface area contributed by atoms with Crippen LogP contribution in [-0.4, -0.2) is 73.6 Å². The average Bonchev–Trinajstić information content (AvgIpc) is 3.28. The second-order valence-electron chi connectivity index (χ2n) is 8.10. The number of hydrogen-bond acceptors (Lipinski definition) is 6. The molecule has 0 spiro atoms. The van der Waals surface area contributed by atoms with Crippen molar-refractivity contribution in [3.05, 3.63) is 53.9 Å². The number of piperazine rings is 1. The molecule has 2 fully saturated rings. The first kappa shape index (κ1) is 21.1. The second-order valence-corrected chi connectivity index (χ2v) is 8.10. The van der Waals surface area contributed by atoms with Gasteiger partial charge in [-0.25, -0.2) is 4.79 Å². The number of carbonyl (C=O) groups is 2. The van der Waals surface area contributed by atoms with E-state index in [2.05, 4.69) is 20.5 Å². The molecule has 0 saturated carbocycles. The number of ketones is 1. The standard InChI is InChI=1S/C23H29N5O3/c1-17-7-8-18(15-25-17)21(29)23(9-10-24-16-23)26-22(30)28-13-11-27(12-14-28)19-5-3-4-6-20(19)31-2/h3-8,15,24H,9-14,16H2,1-2H3,(H,26,30)/t23-/m1/s1. The molecule has 0 unspecified atom stereocenters. The summed E-state index contributed by atoms with van der Waals surface area (Å²) in [4.78, 5) is 34.6. The number of ether oxygens (including phenoxy) is 1. The topological polar surface area (TPSA) is 86.8 Å². The quantitative estimate of drug-likeness (QED) is 0.714. The summed E-state index contributed by atoms with van der Waals surface area (Å²) >= 11 is 0. The first-order valence-electron chi connectivity index (χ1n) is 10.7. The van der Waals surface area contributed by atoms with Crippen molar-refractivity contribution in [2.45, 2.75) is 18.9 Å². The number of Topliss-reactive ketones (excluding diaryl/α,β-unsaturated/α-hetero) is 1. The minimum absolute atomic E-state index is 0.0917. The molecule has 0 bridgehead atoms. The molecule has 3 heterocycles. The maximum atomic E-state index is 13.3. The van der Waals surface area contributed by atoms with E-state index in [1.165, 1.54) is 0 Å². The van der Waals surface area contributed by atoms with Crippen LogP contribution in [0.3, 0.4) is 0 Å². The number of amides is 2. The van der Waals surface area contributed by atoms with Crippen LogP contribution in [-0.2, 0) is 0 Å². The van der Waals surface area contributed by atoms with Gasteiger partial charge in [0.1, 0.15) is 11.3 Å². The largest absolute Gasteiger partial charge is 0.495 e. The Morgan fingerprint density at radius 3 is 2.55 bits per heavy atom. The maximum Gasteiger partial charge on any atom is 0.318 e. The number of rotatable bonds is 5. The lowest BCUT2D eigenvalue weighted by atomic mass is 9.89. The van der Waals surface area contributed by atoms with Gasteiger partial charge in [-0.2, -0.15) is 0 Å². The number of carbonyl (C=O) groups excluding carboxylic acids is 2. The van der Waals surface area contributed by atoms with Gasteiger partial charge in [0.05, 0.1) is 12.8 Å². The molecule has 2 saturated heterocycles. The van der Waals surface area contributed by atoms with Gasteiger partial charge < -0.3 is 25.2 Å². The third kappa shape index (κ3) is 4.34. The molecular weight excluding hydrogens is 394 g/mol. The van der Waals surface area contributed by atoms with Gasteiger partial charge >= 0.3 is 6.03 Å². The summed E-state index contributed by atoms with van der Waals surface area (Å²) in [5.74, 6) is 0.736. The van der Waals surface area contributed by atoms with Gasteiger partial charge in [-0.1, -0.05) is 12.1 Å². The highest BCUT2D eigenvalue weighted by Crippen LogP contribution is 2.28. The van der Waals surface area contributed by atoms with Crippen LogP contribution in [0.2, 0.25) is 0 Å². The van der Waals surface area contributed by atoms with Crippen molar-refractivity contribution >= 4 is 17.5 Å². The van der Waals surface area contributed by atoms with E-state index in [4.69, 9.17) is 4.74 Å². The summed E-state index contributed by atoms with van der Waals surface area (Å²) in [6, 6.07) is 11.3. The second kappa shape index (κ2) is 8.93. The number of nitrogens with zero attached hydrogens (tertiary/aromatic N) is 3. The van der Waals surface area contributed by atoms with Gasteiger partial charge in [-0.05, 0) is 44.2 Å². The van der Waals surface area contributed by atoms with Crippen LogP contribution < -0.4 is 20.3 Å². The lowest BCUT2D eigenvalue weighted by Gasteiger charge is -2.38. The van der Waals surface area contributed by atoms with Crippen LogP contribution in [0, 0.1) is 6.92 Å². The molecule has 2 aromatic rings. The zero-order valence-electron chi connectivity index (χ0n) is 18.1. The highest BCUT2D eigenvalue weighted by atomic mass is 16.5. The number of urea groups is 1. The van der Waals surface area contributed by atoms with Crippen LogP contribution in [0.5, 0.6) is 5.75 Å². The van der Waals surface area contributed by atoms with Crippen molar-refractivity contribution in [3.63, 3.8) is 0 Å². The first-order chi connectivity index (χ1) is 15.0. The fourth-order valence-electron chi connectivity index (χ4n) is 4.25. The van der Waals surface area contributed by atoms with E-state index in [1.54, 1.807) is 24.3 Å². The molecule has 2 aliphatic heterocycles. The molecule has 1 aromatic carbocycles. The van der Waals surface area contributed by atoms with Crippen molar-refractivity contribution in [1.82, 2.24) is 20.5 Å². The zero-order chi connectivity index (χ0) is 21.8. The Kier molecular flexibility index (Phi) is 6.08. The van der Waals surface area contributed by atoms with Gasteiger partial charge in [0.2, 0.25) is 0 Å². The predicted octanol–water partition coefficient (Wildman–Crippen LogP) is 1.85. The molecule has 2 amide bonds. The van der Waals surface area contributed by atoms with Crippen molar-refractivity contribution in [2.24, 2.45) is 0 Å². The Balaban J connectivity index is 1.42. The Labute approximate surface area is 182 Å². The van der Waals surface area contributed by atoms with Gasteiger partial charge in [0.15, 0.2) is 5.78 Å². The fraction of sp³-hybridized carbons (Fsp3) is 0.435. The number of aryl methyl sites for hydroxylation is 1. The molecule has 2 N–H and O–H groups in total. The predicted molar refractivity (Wildman–Crippen MR) is 119 cm³/mol. The number of para-hydroxylation sites is 2. The molecular formula is C23H29N5O3. The number of aromatic nitrogens is 1. The molecule has 8 nitrogen and oxygen atoms in total. The SMILES string of the molecule is COc1ccccc1N1CCN(C(=O)N[C@]2(C(=O)c3ccc(C)nc3)CCNC2)CC1. The first-order valence-corrected chi connectivity index (χ1v) is 10.7. The molecule has 1 atom stereocenters. The lowest BCUT2D eigenvalue weighted by molar-refractivity contribution is 0.0862. The maximum absolute atomic E-state index is 13.3. The summed E-state index contributed by atoms with van der Waals surface area (Å²) in [6.45, 7) is 5.55. The summed E-state index contributed by atoms with van der Waals surface area (Å²) in [7, 11) is 1.66. The molecule has 8 heteroatoms. The Morgan fingerprint density at radius 2 is 1.90 bits per heavy atom. The van der Waals surface area contributed by atoms with Crippen LogP contribution in [0.1, 0.15) is 22.5 Å². The summed E-state index contributed by atoms with van der Waals surface area (Å²) < 4.78 is 5.47. The molecule has 31 heavy (non-hydrogen) atoms. The van der Waals surface area contributed by atoms with Crippen LogP contribution in [0.4, 0.5) is 10.5 Å². The van der Waals surface area contributed by atoms with E-state index in [1.807, 2.05) is 37.3 Å². The molecule has 2 aliphatic rings. The van der Waals surface area contributed by atoms with E-state index >= 15 is 0 Å². The third-order valence-electron chi connectivity index (χ3n) is 6.10. The minimum atomic E-state index is -0.937. The van der Waals surface area contributed by atoms with E-state index in [0.717, 1.165) is 17.1 Å². The van der Waals surface area contributed by atoms with Crippen molar-refractivity contribution in [2.75, 3.05) is 51.3 Å². The zero-order valence-corrected chi connectivity index (χ0v) is 18.1. The average molecular weight is 424 g/mol. The molecule has 0 aliphatic carbocycles. The smallest absolute Gasteiger partial charge is 0.318 e. The number of benzene rings is 1. The Bertz CT molecular complexity index is 932. The van der Waals surface area contributed by atoms with Crippen LogP contribution in [0.25, 0.3) is 0 Å². The summed E-state index contributed by atoms with van der Waals surface area (Å²) in [5.41, 5.74) is 1.47. The van der Waals surface area contributed by atoms with Crippen LogP contribution >= 0.6 is 0 Å².